The maximum atomic E-state index is 4.92. The molecule has 0 N–H and O–H groups in total. The molecule has 0 aliphatic carbocycles. The molecule has 1 aliphatic heterocycles. The molecule has 1 aromatic heterocycles. The Morgan fingerprint density at radius 2 is 1.56 bits per heavy atom. The van der Waals surface area contributed by atoms with Gasteiger partial charge in [0.25, 0.3) is 0 Å². The average Bonchev–Trinajstić information content (AvgIpc) is 3.09. The van der Waals surface area contributed by atoms with Gasteiger partial charge in [0.2, 0.25) is 0 Å². The molecule has 0 spiro atoms. The van der Waals surface area contributed by atoms with Gasteiger partial charge in [-0.2, -0.15) is 5.10 Å². The highest BCUT2D eigenvalue weighted by Crippen LogP contribution is 2.26. The Hall–Kier alpha value is -2.39. The van der Waals surface area contributed by atoms with Gasteiger partial charge in [-0.1, -0.05) is 55.5 Å². The Kier molecular flexibility index (Phi) is 4.66. The van der Waals surface area contributed by atoms with Gasteiger partial charge in [0, 0.05) is 23.9 Å². The third-order valence-corrected chi connectivity index (χ3v) is 5.13. The summed E-state index contributed by atoms with van der Waals surface area (Å²) in [4.78, 5) is 2.57. The Morgan fingerprint density at radius 3 is 2.24 bits per heavy atom. The van der Waals surface area contributed by atoms with Crippen molar-refractivity contribution in [1.29, 1.82) is 0 Å². The molecule has 0 saturated carbocycles. The van der Waals surface area contributed by atoms with Gasteiger partial charge in [-0.25, -0.2) is 4.68 Å². The maximum Gasteiger partial charge on any atom is 0.0972 e. The van der Waals surface area contributed by atoms with Gasteiger partial charge in [0.05, 0.1) is 11.4 Å². The van der Waals surface area contributed by atoms with E-state index in [0.717, 1.165) is 23.8 Å². The highest BCUT2D eigenvalue weighted by Gasteiger charge is 2.19. The van der Waals surface area contributed by atoms with Gasteiger partial charge in [0.1, 0.15) is 0 Å². The van der Waals surface area contributed by atoms with Crippen molar-refractivity contribution in [2.75, 3.05) is 13.1 Å². The average molecular weight is 331 g/mol. The molecule has 0 bridgehead atoms. The number of hydrogen-bond donors (Lipinski definition) is 0. The minimum Gasteiger partial charge on any atom is -0.299 e. The van der Waals surface area contributed by atoms with Gasteiger partial charge in [0.15, 0.2) is 0 Å². The van der Waals surface area contributed by atoms with Crippen LogP contribution in [-0.4, -0.2) is 27.8 Å². The fourth-order valence-corrected chi connectivity index (χ4v) is 3.54. The number of benzene rings is 2. The number of para-hydroxylation sites is 1. The number of rotatable bonds is 4. The van der Waals surface area contributed by atoms with Gasteiger partial charge in [-0.15, -0.1) is 0 Å². The summed E-state index contributed by atoms with van der Waals surface area (Å²) in [5, 5.41) is 4.92. The quantitative estimate of drug-likeness (QED) is 0.686. The Morgan fingerprint density at radius 1 is 0.920 bits per heavy atom. The van der Waals surface area contributed by atoms with E-state index in [1.54, 1.807) is 0 Å². The van der Waals surface area contributed by atoms with Gasteiger partial charge in [-0.05, 0) is 44.0 Å². The SMILES string of the molecule is CC1CCN(Cc2cn(-c3ccccc3)nc2-c2ccccc2)CC1. The monoisotopic (exact) mass is 331 g/mol. The minimum absolute atomic E-state index is 0.858. The molecular weight excluding hydrogens is 306 g/mol. The molecule has 0 atom stereocenters. The van der Waals surface area contributed by atoms with E-state index in [9.17, 15) is 0 Å². The van der Waals surface area contributed by atoms with E-state index in [1.807, 2.05) is 10.7 Å². The Bertz CT molecular complexity index is 800. The molecule has 25 heavy (non-hydrogen) atoms. The summed E-state index contributed by atoms with van der Waals surface area (Å²) in [7, 11) is 0. The summed E-state index contributed by atoms with van der Waals surface area (Å²) in [6.07, 6.45) is 4.80. The molecule has 128 valence electrons. The topological polar surface area (TPSA) is 21.1 Å². The van der Waals surface area contributed by atoms with E-state index in [-0.39, 0.29) is 0 Å². The molecule has 2 aromatic carbocycles. The van der Waals surface area contributed by atoms with Gasteiger partial charge < -0.3 is 0 Å². The predicted molar refractivity (Wildman–Crippen MR) is 103 cm³/mol. The van der Waals surface area contributed by atoms with Crippen molar-refractivity contribution >= 4 is 0 Å². The van der Waals surface area contributed by atoms with Crippen molar-refractivity contribution in [3.05, 3.63) is 72.4 Å². The van der Waals surface area contributed by atoms with Gasteiger partial charge in [-0.3, -0.25) is 4.90 Å². The maximum absolute atomic E-state index is 4.92. The lowest BCUT2D eigenvalue weighted by molar-refractivity contribution is 0.185. The molecule has 0 unspecified atom stereocenters. The molecule has 4 rings (SSSR count). The lowest BCUT2D eigenvalue weighted by atomic mass is 9.98. The molecule has 3 nitrogen and oxygen atoms in total. The smallest absolute Gasteiger partial charge is 0.0972 e. The minimum atomic E-state index is 0.858. The summed E-state index contributed by atoms with van der Waals surface area (Å²) >= 11 is 0. The van der Waals surface area contributed by atoms with Gasteiger partial charge >= 0.3 is 0 Å². The lowest BCUT2D eigenvalue weighted by Crippen LogP contribution is -2.32. The molecule has 1 aliphatic rings. The molecule has 1 saturated heterocycles. The zero-order chi connectivity index (χ0) is 17.1. The van der Waals surface area contributed by atoms with E-state index in [2.05, 4.69) is 72.6 Å². The number of likely N-dealkylation sites (tertiary alicyclic amines) is 1. The molecular formula is C22H25N3. The van der Waals surface area contributed by atoms with E-state index in [0.29, 0.717) is 0 Å². The normalized spacial score (nSPS) is 16.2. The molecule has 3 aromatic rings. The predicted octanol–water partition coefficient (Wildman–Crippen LogP) is 4.77. The van der Waals surface area contributed by atoms with Crippen LogP contribution in [0, 0.1) is 5.92 Å². The van der Waals surface area contributed by atoms with Crippen LogP contribution in [0.15, 0.2) is 66.9 Å². The van der Waals surface area contributed by atoms with E-state index in [4.69, 9.17) is 5.10 Å². The zero-order valence-corrected chi connectivity index (χ0v) is 14.8. The van der Waals surface area contributed by atoms with E-state index < -0.39 is 0 Å². The molecule has 2 heterocycles. The molecule has 0 radical (unpaired) electrons. The van der Waals surface area contributed by atoms with Crippen LogP contribution in [0.2, 0.25) is 0 Å². The second kappa shape index (κ2) is 7.24. The van der Waals surface area contributed by atoms with Crippen molar-refractivity contribution in [2.45, 2.75) is 26.3 Å². The van der Waals surface area contributed by atoms with E-state index in [1.165, 1.54) is 37.1 Å². The summed E-state index contributed by atoms with van der Waals surface area (Å²) in [5.41, 5.74) is 4.71. The molecule has 1 fully saturated rings. The first-order valence-corrected chi connectivity index (χ1v) is 9.21. The van der Waals surface area contributed by atoms with Crippen LogP contribution >= 0.6 is 0 Å². The first-order chi connectivity index (χ1) is 12.3. The van der Waals surface area contributed by atoms with Crippen LogP contribution in [0.25, 0.3) is 16.9 Å². The first-order valence-electron chi connectivity index (χ1n) is 9.21. The second-order valence-electron chi connectivity index (χ2n) is 7.11. The highest BCUT2D eigenvalue weighted by atomic mass is 15.3. The Labute approximate surface area is 149 Å². The summed E-state index contributed by atoms with van der Waals surface area (Å²) in [5.74, 6) is 0.858. The lowest BCUT2D eigenvalue weighted by Gasteiger charge is -2.30. The molecule has 0 amide bonds. The summed E-state index contributed by atoms with van der Waals surface area (Å²) in [6, 6.07) is 20.9. The second-order valence-corrected chi connectivity index (χ2v) is 7.11. The van der Waals surface area contributed by atoms with Crippen LogP contribution in [0.4, 0.5) is 0 Å². The number of nitrogens with zero attached hydrogens (tertiary/aromatic N) is 3. The zero-order valence-electron chi connectivity index (χ0n) is 14.8. The first kappa shape index (κ1) is 16.1. The third-order valence-electron chi connectivity index (χ3n) is 5.13. The van der Waals surface area contributed by atoms with Crippen molar-refractivity contribution in [3.8, 4) is 16.9 Å². The Balaban J connectivity index is 1.67. The van der Waals surface area contributed by atoms with Crippen LogP contribution in [0.3, 0.4) is 0 Å². The van der Waals surface area contributed by atoms with Crippen molar-refractivity contribution in [3.63, 3.8) is 0 Å². The van der Waals surface area contributed by atoms with Crippen molar-refractivity contribution in [2.24, 2.45) is 5.92 Å². The van der Waals surface area contributed by atoms with Crippen LogP contribution in [0.5, 0.6) is 0 Å². The largest absolute Gasteiger partial charge is 0.299 e. The standard InChI is InChI=1S/C22H25N3/c1-18-12-14-24(15-13-18)16-20-17-25(21-10-6-3-7-11-21)23-22(20)19-8-4-2-5-9-19/h2-11,17-18H,12-16H2,1H3. The van der Waals surface area contributed by atoms with Crippen molar-refractivity contribution in [1.82, 2.24) is 14.7 Å². The number of aromatic nitrogens is 2. The summed E-state index contributed by atoms with van der Waals surface area (Å²) in [6.45, 7) is 5.71. The van der Waals surface area contributed by atoms with E-state index >= 15 is 0 Å². The fraction of sp³-hybridized carbons (Fsp3) is 0.318. The van der Waals surface area contributed by atoms with Crippen LogP contribution in [0.1, 0.15) is 25.3 Å². The van der Waals surface area contributed by atoms with Crippen molar-refractivity contribution < 1.29 is 0 Å². The number of hydrogen-bond acceptors (Lipinski definition) is 2. The fourth-order valence-electron chi connectivity index (χ4n) is 3.54. The number of piperidine rings is 1. The highest BCUT2D eigenvalue weighted by molar-refractivity contribution is 5.63. The summed E-state index contributed by atoms with van der Waals surface area (Å²) < 4.78 is 2.02. The molecule has 3 heteroatoms. The third kappa shape index (κ3) is 3.67. The van der Waals surface area contributed by atoms with Crippen LogP contribution in [-0.2, 0) is 6.54 Å². The van der Waals surface area contributed by atoms with Crippen LogP contribution < -0.4 is 0 Å².